The van der Waals surface area contributed by atoms with E-state index >= 15 is 0 Å². The summed E-state index contributed by atoms with van der Waals surface area (Å²) < 4.78 is 2.39. The number of hydrogen-bond acceptors (Lipinski definition) is 2. The molecule has 1 aromatic heterocycles. The van der Waals surface area contributed by atoms with Crippen molar-refractivity contribution in [2.45, 2.75) is 39.2 Å². The Kier molecular flexibility index (Phi) is 2.32. The zero-order valence-electron chi connectivity index (χ0n) is 10.2. The van der Waals surface area contributed by atoms with Crippen LogP contribution >= 0.6 is 0 Å². The summed E-state index contributed by atoms with van der Waals surface area (Å²) in [6, 6.07) is 0. The molecular formula is C13H21N3. The zero-order valence-corrected chi connectivity index (χ0v) is 10.2. The van der Waals surface area contributed by atoms with Crippen molar-refractivity contribution >= 4 is 0 Å². The maximum absolute atomic E-state index is 4.33. The highest BCUT2D eigenvalue weighted by Crippen LogP contribution is 2.52. The van der Waals surface area contributed by atoms with E-state index in [4.69, 9.17) is 0 Å². The normalized spacial score (nSPS) is 31.9. The molecule has 88 valence electrons. The minimum absolute atomic E-state index is 0.565. The van der Waals surface area contributed by atoms with Gasteiger partial charge in [0.15, 0.2) is 0 Å². The molecule has 2 aliphatic rings. The fraction of sp³-hybridized carbons (Fsp3) is 0.769. The summed E-state index contributed by atoms with van der Waals surface area (Å²) in [7, 11) is 0. The van der Waals surface area contributed by atoms with Crippen molar-refractivity contribution in [2.24, 2.45) is 11.3 Å². The molecular weight excluding hydrogens is 198 g/mol. The number of rotatable bonds is 3. The van der Waals surface area contributed by atoms with E-state index in [1.807, 2.05) is 6.33 Å². The maximum atomic E-state index is 4.33. The SMILES string of the molecule is CC1(C)CC1Cn1cncc1C1CCNC1. The fourth-order valence-corrected chi connectivity index (χ4v) is 2.86. The van der Waals surface area contributed by atoms with Gasteiger partial charge in [0.1, 0.15) is 0 Å². The third-order valence-electron chi connectivity index (χ3n) is 4.36. The van der Waals surface area contributed by atoms with Crippen LogP contribution in [0.25, 0.3) is 0 Å². The molecule has 16 heavy (non-hydrogen) atoms. The van der Waals surface area contributed by atoms with E-state index in [1.165, 1.54) is 25.1 Å². The van der Waals surface area contributed by atoms with Gasteiger partial charge < -0.3 is 9.88 Å². The molecule has 2 atom stereocenters. The summed E-state index contributed by atoms with van der Waals surface area (Å²) >= 11 is 0. The standard InChI is InChI=1S/C13H21N3/c1-13(2)5-11(13)8-16-9-15-7-12(16)10-3-4-14-6-10/h7,9-11,14H,3-6,8H2,1-2H3. The number of aromatic nitrogens is 2. The van der Waals surface area contributed by atoms with Crippen molar-refractivity contribution in [3.8, 4) is 0 Å². The Labute approximate surface area is 97.3 Å². The van der Waals surface area contributed by atoms with Crippen LogP contribution < -0.4 is 5.32 Å². The second-order valence-corrected chi connectivity index (χ2v) is 6.05. The average molecular weight is 219 g/mol. The largest absolute Gasteiger partial charge is 0.334 e. The van der Waals surface area contributed by atoms with E-state index in [2.05, 4.69) is 34.9 Å². The lowest BCUT2D eigenvalue weighted by molar-refractivity contribution is 0.483. The predicted octanol–water partition coefficient (Wildman–Crippen LogP) is 2.01. The first kappa shape index (κ1) is 10.3. The van der Waals surface area contributed by atoms with E-state index in [-0.39, 0.29) is 0 Å². The average Bonchev–Trinajstić information content (AvgIpc) is 2.66. The molecule has 1 saturated heterocycles. The minimum atomic E-state index is 0.565. The van der Waals surface area contributed by atoms with E-state index in [1.54, 1.807) is 0 Å². The maximum Gasteiger partial charge on any atom is 0.0948 e. The van der Waals surface area contributed by atoms with Crippen molar-refractivity contribution in [3.05, 3.63) is 18.2 Å². The Balaban J connectivity index is 1.72. The molecule has 0 radical (unpaired) electrons. The van der Waals surface area contributed by atoms with Gasteiger partial charge in [-0.05, 0) is 30.7 Å². The first-order valence-corrected chi connectivity index (χ1v) is 6.37. The summed E-state index contributed by atoms with van der Waals surface area (Å²) in [5, 5.41) is 3.43. The van der Waals surface area contributed by atoms with Crippen molar-refractivity contribution in [3.63, 3.8) is 0 Å². The van der Waals surface area contributed by atoms with Gasteiger partial charge in [0, 0.05) is 30.9 Å². The van der Waals surface area contributed by atoms with Crippen molar-refractivity contribution < 1.29 is 0 Å². The fourth-order valence-electron chi connectivity index (χ4n) is 2.86. The van der Waals surface area contributed by atoms with E-state index in [0.717, 1.165) is 19.0 Å². The predicted molar refractivity (Wildman–Crippen MR) is 64.3 cm³/mol. The lowest BCUT2D eigenvalue weighted by Crippen LogP contribution is -2.13. The van der Waals surface area contributed by atoms with Crippen LogP contribution in [-0.4, -0.2) is 22.6 Å². The molecule has 1 aromatic rings. The first-order valence-electron chi connectivity index (χ1n) is 6.37. The topological polar surface area (TPSA) is 29.9 Å². The Morgan fingerprint density at radius 3 is 3.00 bits per heavy atom. The van der Waals surface area contributed by atoms with Crippen LogP contribution in [0.1, 0.15) is 38.3 Å². The highest BCUT2D eigenvalue weighted by atomic mass is 15.1. The quantitative estimate of drug-likeness (QED) is 0.842. The van der Waals surface area contributed by atoms with Crippen LogP contribution in [0.15, 0.2) is 12.5 Å². The summed E-state index contributed by atoms with van der Waals surface area (Å²) in [5.74, 6) is 1.54. The highest BCUT2D eigenvalue weighted by molar-refractivity contribution is 5.10. The van der Waals surface area contributed by atoms with Crippen molar-refractivity contribution in [2.75, 3.05) is 13.1 Å². The van der Waals surface area contributed by atoms with Crippen molar-refractivity contribution in [1.29, 1.82) is 0 Å². The summed E-state index contributed by atoms with van der Waals surface area (Å²) in [4.78, 5) is 4.33. The highest BCUT2D eigenvalue weighted by Gasteiger charge is 2.45. The van der Waals surface area contributed by atoms with E-state index in [9.17, 15) is 0 Å². The monoisotopic (exact) mass is 219 g/mol. The van der Waals surface area contributed by atoms with Crippen LogP contribution in [0.2, 0.25) is 0 Å². The molecule has 2 fully saturated rings. The molecule has 0 aromatic carbocycles. The van der Waals surface area contributed by atoms with Gasteiger partial charge in [0.05, 0.1) is 6.33 Å². The molecule has 3 nitrogen and oxygen atoms in total. The van der Waals surface area contributed by atoms with Gasteiger partial charge in [-0.25, -0.2) is 4.98 Å². The molecule has 0 amide bonds. The Morgan fingerprint density at radius 2 is 2.38 bits per heavy atom. The zero-order chi connectivity index (χ0) is 11.2. The Bertz CT molecular complexity index is 374. The van der Waals surface area contributed by atoms with Gasteiger partial charge in [-0.15, -0.1) is 0 Å². The lowest BCUT2D eigenvalue weighted by atomic mass is 10.1. The Hall–Kier alpha value is -0.830. The van der Waals surface area contributed by atoms with E-state index in [0.29, 0.717) is 11.3 Å². The van der Waals surface area contributed by atoms with Gasteiger partial charge in [-0.2, -0.15) is 0 Å². The van der Waals surface area contributed by atoms with Crippen molar-refractivity contribution in [1.82, 2.24) is 14.9 Å². The van der Waals surface area contributed by atoms with Crippen LogP contribution in [0, 0.1) is 11.3 Å². The lowest BCUT2D eigenvalue weighted by Gasteiger charge is -2.13. The van der Waals surface area contributed by atoms with Crippen LogP contribution in [0.4, 0.5) is 0 Å². The van der Waals surface area contributed by atoms with Crippen LogP contribution in [0.5, 0.6) is 0 Å². The number of nitrogens with zero attached hydrogens (tertiary/aromatic N) is 2. The second-order valence-electron chi connectivity index (χ2n) is 6.05. The molecule has 1 aliphatic carbocycles. The van der Waals surface area contributed by atoms with Crippen LogP contribution in [0.3, 0.4) is 0 Å². The molecule has 3 heteroatoms. The first-order chi connectivity index (χ1) is 7.67. The van der Waals surface area contributed by atoms with Gasteiger partial charge in [0.25, 0.3) is 0 Å². The minimum Gasteiger partial charge on any atom is -0.334 e. The summed E-state index contributed by atoms with van der Waals surface area (Å²) in [6.45, 7) is 8.18. The Morgan fingerprint density at radius 1 is 1.56 bits per heavy atom. The third-order valence-corrected chi connectivity index (χ3v) is 4.36. The molecule has 1 aliphatic heterocycles. The molecule has 1 saturated carbocycles. The molecule has 3 rings (SSSR count). The van der Waals surface area contributed by atoms with Gasteiger partial charge >= 0.3 is 0 Å². The molecule has 1 N–H and O–H groups in total. The van der Waals surface area contributed by atoms with E-state index < -0.39 is 0 Å². The summed E-state index contributed by atoms with van der Waals surface area (Å²) in [5.41, 5.74) is 2.00. The van der Waals surface area contributed by atoms with Gasteiger partial charge in [-0.1, -0.05) is 13.8 Å². The molecule has 2 unspecified atom stereocenters. The summed E-state index contributed by atoms with van der Waals surface area (Å²) in [6.07, 6.45) is 6.71. The smallest absolute Gasteiger partial charge is 0.0948 e. The van der Waals surface area contributed by atoms with Crippen LogP contribution in [-0.2, 0) is 6.54 Å². The molecule has 0 bridgehead atoms. The molecule has 0 spiro atoms. The second kappa shape index (κ2) is 3.59. The third kappa shape index (κ3) is 1.77. The van der Waals surface area contributed by atoms with Gasteiger partial charge in [-0.3, -0.25) is 0 Å². The van der Waals surface area contributed by atoms with Gasteiger partial charge in [0.2, 0.25) is 0 Å². The number of nitrogens with one attached hydrogen (secondary N) is 1. The number of hydrogen-bond donors (Lipinski definition) is 1. The molecule has 2 heterocycles. The number of imidazole rings is 1.